The van der Waals surface area contributed by atoms with Crippen LogP contribution in [0, 0.1) is 0 Å². The van der Waals surface area contributed by atoms with Crippen LogP contribution in [-0.4, -0.2) is 140 Å². The molecule has 48 nitrogen and oxygen atoms in total. The second kappa shape index (κ2) is 63.2. The van der Waals surface area contributed by atoms with E-state index in [4.69, 9.17) is 24.5 Å². The molecule has 0 aromatic carbocycles. The van der Waals surface area contributed by atoms with Crippen molar-refractivity contribution in [3.05, 3.63) is 93.6 Å². The first-order valence-corrected chi connectivity index (χ1v) is 34.7. The normalized spacial score (nSPS) is 16.4. The second-order valence-electron chi connectivity index (χ2n) is 15.1. The fourth-order valence-electron chi connectivity index (χ4n) is 4.78. The third-order valence-electron chi connectivity index (χ3n) is 9.23. The van der Waals surface area contributed by atoms with Gasteiger partial charge in [-0.3, -0.25) is 0 Å². The van der Waals surface area contributed by atoms with Crippen LogP contribution in [0.25, 0.3) is 0 Å². The van der Waals surface area contributed by atoms with Crippen LogP contribution in [0.2, 0.25) is 0 Å². The van der Waals surface area contributed by atoms with E-state index in [1.54, 1.807) is 0 Å². The Bertz CT molecular complexity index is 2680. The van der Waals surface area contributed by atoms with Crippen molar-refractivity contribution in [2.75, 3.05) is 0 Å². The van der Waals surface area contributed by atoms with Gasteiger partial charge in [-0.1, -0.05) is 0 Å². The predicted molar refractivity (Wildman–Crippen MR) is 234 cm³/mol. The first-order chi connectivity index (χ1) is 35.4. The Kier molecular flexibility index (Phi) is 99.8. The molecule has 0 saturated heterocycles. The van der Waals surface area contributed by atoms with Gasteiger partial charge in [-0.25, -0.2) is 24.9 Å². The van der Waals surface area contributed by atoms with Gasteiger partial charge in [-0.05, 0) is 38.0 Å². The third kappa shape index (κ3) is 47.3. The molecule has 0 amide bonds. The summed E-state index contributed by atoms with van der Waals surface area (Å²) in [6.45, 7) is -5.72. The number of rotatable bonds is 20. The summed E-state index contributed by atoms with van der Waals surface area (Å²) in [4.78, 5) is 221. The molecular formula is C25H41N10Na15O38P10. The minimum absolute atomic E-state index is 0. The average Bonchev–Trinajstić information content (AvgIpc) is 4.17. The molecular weight excluding hydrogens is 1700 g/mol. The van der Waals surface area contributed by atoms with Gasteiger partial charge in [-0.2, -0.15) is 0 Å². The Balaban J connectivity index is -0.0000000488. The van der Waals surface area contributed by atoms with Crippen molar-refractivity contribution in [3.8, 4) is 0 Å². The van der Waals surface area contributed by atoms with Crippen molar-refractivity contribution < 1.29 is 629 Å². The molecule has 16 N–H and O–H groups in total. The number of aromatic nitrogens is 10. The van der Waals surface area contributed by atoms with Crippen molar-refractivity contribution in [3.63, 3.8) is 0 Å². The van der Waals surface area contributed by atoms with Crippen LogP contribution in [0.5, 0.6) is 0 Å². The van der Waals surface area contributed by atoms with Gasteiger partial charge in [0, 0.05) is 62.0 Å². The molecule has 0 bridgehead atoms. The zero-order valence-electron chi connectivity index (χ0n) is 54.8. The quantitative estimate of drug-likeness (QED) is 0.0255. The van der Waals surface area contributed by atoms with E-state index >= 15 is 0 Å². The Hall–Kier alpha value is 12.2. The molecule has 5 heterocycles. The van der Waals surface area contributed by atoms with E-state index in [1.165, 1.54) is 31.0 Å². The minimum atomic E-state index is -5.97. The van der Waals surface area contributed by atoms with Crippen LogP contribution >= 0.6 is 76.0 Å². The van der Waals surface area contributed by atoms with Crippen molar-refractivity contribution in [1.29, 1.82) is 0 Å². The smallest absolute Gasteiger partial charge is 0.808 e. The first-order valence-electron chi connectivity index (χ1n) is 19.1. The van der Waals surface area contributed by atoms with Crippen LogP contribution in [0.4, 0.5) is 0 Å². The molecule has 0 fully saturated rings. The zero-order valence-corrected chi connectivity index (χ0v) is 93.8. The number of hydrogen-bond acceptors (Lipinski definition) is 35. The summed E-state index contributed by atoms with van der Waals surface area (Å²) in [6.07, 6.45) is 16.4. The summed E-state index contributed by atoms with van der Waals surface area (Å²) < 4.78 is 111. The number of hydrogen-bond donors (Lipinski definition) is 10. The van der Waals surface area contributed by atoms with E-state index in [0.29, 0.717) is 0 Å². The second-order valence-corrected chi connectivity index (χ2v) is 34.5. The van der Waals surface area contributed by atoms with Gasteiger partial charge in [0.2, 0.25) is 0 Å². The van der Waals surface area contributed by atoms with E-state index in [-0.39, 0.29) is 460 Å². The van der Waals surface area contributed by atoms with Crippen LogP contribution < -0.4 is 517 Å². The topological polar surface area (TPSA) is 902 Å². The van der Waals surface area contributed by atoms with E-state index in [1.807, 2.05) is 0 Å². The summed E-state index contributed by atoms with van der Waals surface area (Å²) in [5, 5.41) is 27.6. The Morgan fingerprint density at radius 2 is 0.337 bits per heavy atom. The van der Waals surface area contributed by atoms with E-state index in [2.05, 4.69) is 24.9 Å². The fourth-order valence-corrected chi connectivity index (χ4v) is 14.4. The maximum atomic E-state index is 10.8. The molecule has 0 aliphatic carbocycles. The van der Waals surface area contributed by atoms with Crippen LogP contribution in [0.1, 0.15) is 0 Å². The van der Waals surface area contributed by atoms with Gasteiger partial charge in [0.1, 0.15) is 0 Å². The van der Waals surface area contributed by atoms with Crippen LogP contribution in [-0.2, 0) is 78.4 Å². The molecule has 0 radical (unpaired) electrons. The number of nitrogens with zero attached hydrogens (tertiary/aromatic N) is 10. The van der Waals surface area contributed by atoms with Gasteiger partial charge in [0.15, 0.2) is 63.4 Å². The summed E-state index contributed by atoms with van der Waals surface area (Å²) >= 11 is 0. The molecule has 5 rings (SSSR count). The van der Waals surface area contributed by atoms with Gasteiger partial charge in [-0.15, -0.1) is 0 Å². The van der Waals surface area contributed by atoms with Gasteiger partial charge in [0.05, 0.1) is 64.4 Å². The molecule has 5 aromatic rings. The van der Waals surface area contributed by atoms with Gasteiger partial charge >= 0.3 is 443 Å². The van der Waals surface area contributed by atoms with Crippen molar-refractivity contribution >= 4 is 76.0 Å². The standard InChI is InChI=1S/5C5H10N2O7P2.15Na.3H2O/c5*8-5(15(9,10)11,16(12,13)14)3-7-2-1-6-4-7;;;;;;;;;;;;;;;;;;/h5*1-2,4,8H,3H2,(H2,9,10,11)(H2,12,13,14);;;;;;;;;;;;;;;;3*1H2/q;;;;;15*+1;;;/p-15. The summed E-state index contributed by atoms with van der Waals surface area (Å²) in [7, 11) is -58.8. The molecule has 98 heavy (non-hydrogen) atoms. The van der Waals surface area contributed by atoms with E-state index in [9.17, 15) is 145 Å². The number of aliphatic hydroxyl groups is 5. The minimum Gasteiger partial charge on any atom is -0.808 e. The van der Waals surface area contributed by atoms with Crippen LogP contribution in [0.15, 0.2) is 93.6 Å². The Labute approximate surface area is 886 Å². The van der Waals surface area contributed by atoms with Gasteiger partial charge in [0.25, 0.3) is 0 Å². The predicted octanol–water partition coefficient (Wildman–Crippen LogP) is -62.5. The maximum Gasteiger partial charge on any atom is 1.00 e. The monoisotopic (exact) mass is 1740 g/mol. The molecule has 10 atom stereocenters. The van der Waals surface area contributed by atoms with Gasteiger partial charge < -0.3 is 208 Å². The van der Waals surface area contributed by atoms with Crippen molar-refractivity contribution in [1.82, 2.24) is 47.8 Å². The summed E-state index contributed by atoms with van der Waals surface area (Å²) in [5.41, 5.74) is 0. The molecule has 10 unspecified atom stereocenters. The Morgan fingerprint density at radius 1 is 0.245 bits per heavy atom. The third-order valence-corrected chi connectivity index (χ3v) is 27.0. The fraction of sp³-hybridized carbons (Fsp3) is 0.400. The molecule has 5 aromatic heterocycles. The molecule has 73 heteroatoms. The molecule has 0 aliphatic heterocycles. The first kappa shape index (κ1) is 155. The van der Waals surface area contributed by atoms with Crippen molar-refractivity contribution in [2.24, 2.45) is 0 Å². The molecule has 0 saturated carbocycles. The van der Waals surface area contributed by atoms with Crippen molar-refractivity contribution in [2.45, 2.75) is 58.1 Å². The van der Waals surface area contributed by atoms with E-state index < -0.39 is 134 Å². The van der Waals surface area contributed by atoms with Crippen LogP contribution in [0.3, 0.4) is 0 Å². The molecule has 0 aliphatic rings. The summed E-state index contributed by atoms with van der Waals surface area (Å²) in [5.74, 6) is 0. The SMILES string of the molecule is O.O.O.O=P([O-])([O-])C(O)(Cn1ccnc1)P(=O)([O-])O.O=P([O-])([O-])C(O)(Cn1ccnc1)P(=O)([O-])O.O=P([O-])([O-])C(O)(Cn1ccnc1)P(=O)([O-])O.O=P([O-])([O-])C(O)(Cn1ccnc1)P(=O)([O-])O.O=P([O-])([O-])C(O)(Cn1ccnc1)P(=O)([O-])O.[Na+].[Na+].[Na+].[Na+].[Na+].[Na+].[Na+].[Na+].[Na+].[Na+].[Na+].[Na+].[Na+].[Na+].[Na+]. The molecule has 0 spiro atoms. The summed E-state index contributed by atoms with van der Waals surface area (Å²) in [6, 6.07) is 0. The average molecular weight is 1740 g/mol. The maximum absolute atomic E-state index is 10.8. The molecule has 484 valence electrons. The number of imidazole rings is 5. The Morgan fingerprint density at radius 3 is 0.388 bits per heavy atom. The largest absolute Gasteiger partial charge is 1.00 e. The van der Waals surface area contributed by atoms with E-state index in [0.717, 1.165) is 85.5 Å². The zero-order chi connectivity index (χ0) is 63.1.